The van der Waals surface area contributed by atoms with Crippen molar-refractivity contribution in [2.45, 2.75) is 19.7 Å². The molecule has 5 nitrogen and oxygen atoms in total. The van der Waals surface area contributed by atoms with E-state index in [2.05, 4.69) is 20.0 Å². The molecule has 0 aliphatic heterocycles. The topological polar surface area (TPSA) is 64.1 Å². The normalized spacial score (nSPS) is 11.6. The second-order valence-corrected chi connectivity index (χ2v) is 6.55. The van der Waals surface area contributed by atoms with E-state index in [-0.39, 0.29) is 22.1 Å². The van der Waals surface area contributed by atoms with Crippen LogP contribution in [0.2, 0.25) is 0 Å². The lowest BCUT2D eigenvalue weighted by atomic mass is 10.1. The number of hydrogen-bond donors (Lipinski definition) is 1. The third kappa shape index (κ3) is 4.86. The van der Waals surface area contributed by atoms with Gasteiger partial charge in [0, 0.05) is 10.9 Å². The Kier molecular flexibility index (Phi) is 5.78. The Morgan fingerprint density at radius 1 is 1.14 bits per heavy atom. The first-order valence-electron chi connectivity index (χ1n) is 8.01. The van der Waals surface area contributed by atoms with E-state index in [0.717, 1.165) is 17.4 Å². The zero-order valence-corrected chi connectivity index (χ0v) is 15.4. The van der Waals surface area contributed by atoms with Crippen LogP contribution in [0.5, 0.6) is 5.75 Å². The van der Waals surface area contributed by atoms with Gasteiger partial charge in [0.05, 0.1) is 17.0 Å². The number of para-hydroxylation sites is 1. The number of anilines is 1. The van der Waals surface area contributed by atoms with E-state index in [1.165, 1.54) is 30.5 Å². The van der Waals surface area contributed by atoms with Crippen LogP contribution >= 0.6 is 11.3 Å². The summed E-state index contributed by atoms with van der Waals surface area (Å²) in [7, 11) is 0. The van der Waals surface area contributed by atoms with Gasteiger partial charge in [-0.25, -0.2) is 9.97 Å². The Balaban J connectivity index is 1.80. The van der Waals surface area contributed by atoms with Crippen molar-refractivity contribution in [3.05, 3.63) is 58.7 Å². The number of nitrogens with zero attached hydrogens (tertiary/aromatic N) is 2. The molecule has 152 valence electrons. The number of carbonyl (C=O) groups is 1. The summed E-state index contributed by atoms with van der Waals surface area (Å²) in [6.45, 7) is -1.72. The highest BCUT2D eigenvalue weighted by Crippen LogP contribution is 2.33. The number of alkyl halides is 5. The van der Waals surface area contributed by atoms with Gasteiger partial charge in [0.25, 0.3) is 5.91 Å². The van der Waals surface area contributed by atoms with Crippen LogP contribution in [0.1, 0.15) is 21.7 Å². The van der Waals surface area contributed by atoms with Gasteiger partial charge in [-0.05, 0) is 31.2 Å². The molecule has 0 fully saturated rings. The fourth-order valence-corrected chi connectivity index (χ4v) is 3.16. The molecule has 0 unspecified atom stereocenters. The van der Waals surface area contributed by atoms with Crippen molar-refractivity contribution in [3.63, 3.8) is 0 Å². The Morgan fingerprint density at radius 2 is 1.86 bits per heavy atom. The first kappa shape index (κ1) is 20.6. The molecule has 0 aliphatic rings. The van der Waals surface area contributed by atoms with E-state index in [0.29, 0.717) is 17.3 Å². The fourth-order valence-electron chi connectivity index (χ4n) is 2.46. The van der Waals surface area contributed by atoms with Gasteiger partial charge in [-0.2, -0.15) is 22.0 Å². The number of halogens is 5. The predicted molar refractivity (Wildman–Crippen MR) is 96.1 cm³/mol. The van der Waals surface area contributed by atoms with Crippen molar-refractivity contribution in [3.8, 4) is 17.0 Å². The zero-order chi connectivity index (χ0) is 21.2. The van der Waals surface area contributed by atoms with Gasteiger partial charge >= 0.3 is 12.8 Å². The van der Waals surface area contributed by atoms with E-state index in [9.17, 15) is 26.7 Å². The Labute approximate surface area is 165 Å². The zero-order valence-electron chi connectivity index (χ0n) is 14.6. The van der Waals surface area contributed by atoms with Gasteiger partial charge in [-0.1, -0.05) is 12.1 Å². The number of aryl methyl sites for hydroxylation is 1. The Bertz CT molecular complexity index is 1040. The number of rotatable bonds is 5. The molecule has 1 aromatic carbocycles. The summed E-state index contributed by atoms with van der Waals surface area (Å²) < 4.78 is 67.6. The minimum atomic E-state index is -4.61. The van der Waals surface area contributed by atoms with Crippen LogP contribution in [0.25, 0.3) is 11.3 Å². The van der Waals surface area contributed by atoms with Crippen LogP contribution in [0, 0.1) is 6.92 Å². The van der Waals surface area contributed by atoms with Gasteiger partial charge < -0.3 is 4.74 Å². The number of hydrogen-bond acceptors (Lipinski definition) is 5. The quantitative estimate of drug-likeness (QED) is 0.553. The van der Waals surface area contributed by atoms with Crippen LogP contribution in [-0.4, -0.2) is 22.5 Å². The first-order valence-corrected chi connectivity index (χ1v) is 8.89. The lowest BCUT2D eigenvalue weighted by molar-refractivity contribution is -0.141. The molecular formula is C18H12F5N3O2S. The van der Waals surface area contributed by atoms with Crippen molar-refractivity contribution in [1.82, 2.24) is 9.97 Å². The van der Waals surface area contributed by atoms with Crippen LogP contribution in [0.4, 0.5) is 27.1 Å². The largest absolute Gasteiger partial charge is 0.434 e. The highest BCUT2D eigenvalue weighted by atomic mass is 32.1. The second-order valence-electron chi connectivity index (χ2n) is 5.69. The maximum atomic E-state index is 12.7. The van der Waals surface area contributed by atoms with Crippen molar-refractivity contribution in [2.75, 3.05) is 5.32 Å². The highest BCUT2D eigenvalue weighted by molar-refractivity contribution is 7.14. The number of benzene rings is 1. The third-order valence-corrected chi connectivity index (χ3v) is 4.48. The number of nitrogens with one attached hydrogen (secondary N) is 1. The molecule has 0 aliphatic carbocycles. The van der Waals surface area contributed by atoms with Crippen molar-refractivity contribution < 1.29 is 31.5 Å². The van der Waals surface area contributed by atoms with Crippen molar-refractivity contribution in [2.24, 2.45) is 0 Å². The van der Waals surface area contributed by atoms with E-state index in [1.54, 1.807) is 6.07 Å². The monoisotopic (exact) mass is 429 g/mol. The van der Waals surface area contributed by atoms with Gasteiger partial charge in [0.15, 0.2) is 5.13 Å². The SMILES string of the molecule is Cc1nc(C(F)(F)F)ccc1C(=O)Nc1nc(-c2ccccc2OC(F)F)cs1. The van der Waals surface area contributed by atoms with E-state index in [1.807, 2.05) is 0 Å². The van der Waals surface area contributed by atoms with Crippen LogP contribution in [0.15, 0.2) is 41.8 Å². The summed E-state index contributed by atoms with van der Waals surface area (Å²) in [4.78, 5) is 19.9. The summed E-state index contributed by atoms with van der Waals surface area (Å²) in [5, 5.41) is 4.13. The number of pyridine rings is 1. The molecule has 29 heavy (non-hydrogen) atoms. The van der Waals surface area contributed by atoms with Gasteiger partial charge in [0.2, 0.25) is 0 Å². The molecule has 1 amide bonds. The van der Waals surface area contributed by atoms with Gasteiger partial charge in [0.1, 0.15) is 11.4 Å². The van der Waals surface area contributed by atoms with Crippen molar-refractivity contribution >= 4 is 22.4 Å². The van der Waals surface area contributed by atoms with Crippen LogP contribution < -0.4 is 10.1 Å². The summed E-state index contributed by atoms with van der Waals surface area (Å²) in [5.74, 6) is -0.768. The number of amides is 1. The molecule has 1 N–H and O–H groups in total. The summed E-state index contributed by atoms with van der Waals surface area (Å²) in [6.07, 6.45) is -4.61. The fraction of sp³-hybridized carbons (Fsp3) is 0.167. The molecule has 0 atom stereocenters. The van der Waals surface area contributed by atoms with Crippen LogP contribution in [-0.2, 0) is 6.18 Å². The smallest absolute Gasteiger partial charge is 0.433 e. The summed E-state index contributed by atoms with van der Waals surface area (Å²) in [5.41, 5.74) is -0.638. The molecule has 0 saturated heterocycles. The average molecular weight is 429 g/mol. The number of thiazole rings is 1. The first-order chi connectivity index (χ1) is 13.6. The number of ether oxygens (including phenoxy) is 1. The Morgan fingerprint density at radius 3 is 2.52 bits per heavy atom. The van der Waals surface area contributed by atoms with E-state index in [4.69, 9.17) is 0 Å². The average Bonchev–Trinajstić information content (AvgIpc) is 3.09. The van der Waals surface area contributed by atoms with E-state index < -0.39 is 24.4 Å². The molecule has 11 heteroatoms. The molecule has 2 aromatic heterocycles. The maximum Gasteiger partial charge on any atom is 0.433 e. The maximum absolute atomic E-state index is 12.7. The summed E-state index contributed by atoms with van der Waals surface area (Å²) >= 11 is 1.02. The molecule has 0 saturated carbocycles. The lowest BCUT2D eigenvalue weighted by Crippen LogP contribution is -2.16. The number of aromatic nitrogens is 2. The van der Waals surface area contributed by atoms with Crippen LogP contribution in [0.3, 0.4) is 0 Å². The molecule has 3 rings (SSSR count). The van der Waals surface area contributed by atoms with E-state index >= 15 is 0 Å². The second kappa shape index (κ2) is 8.11. The molecule has 0 spiro atoms. The Hall–Kier alpha value is -3.08. The minimum absolute atomic E-state index is 0.0452. The molecule has 3 aromatic rings. The third-order valence-electron chi connectivity index (χ3n) is 3.72. The molecule has 0 bridgehead atoms. The molecule has 0 radical (unpaired) electrons. The van der Waals surface area contributed by atoms with Gasteiger partial charge in [-0.3, -0.25) is 10.1 Å². The van der Waals surface area contributed by atoms with Crippen molar-refractivity contribution in [1.29, 1.82) is 0 Å². The lowest BCUT2D eigenvalue weighted by Gasteiger charge is -2.09. The van der Waals surface area contributed by atoms with Gasteiger partial charge in [-0.15, -0.1) is 11.3 Å². The molecular weight excluding hydrogens is 417 g/mol. The number of carbonyl (C=O) groups excluding carboxylic acids is 1. The molecule has 2 heterocycles. The highest BCUT2D eigenvalue weighted by Gasteiger charge is 2.33. The minimum Gasteiger partial charge on any atom is -0.434 e. The predicted octanol–water partition coefficient (Wildman–Crippen LogP) is 5.39. The summed E-state index contributed by atoms with van der Waals surface area (Å²) in [6, 6.07) is 7.77. The standard InChI is InChI=1S/C18H12F5N3O2S/c1-9-10(6-7-14(24-9)18(21,22)23)15(27)26-17-25-12(8-29-17)11-4-2-3-5-13(11)28-16(19)20/h2-8,16H,1H3,(H,25,26,27).